The fraction of sp³-hybridized carbons (Fsp3) is 0.286. The van der Waals surface area contributed by atoms with E-state index in [1.807, 2.05) is 62.4 Å². The predicted octanol–water partition coefficient (Wildman–Crippen LogP) is 3.13. The van der Waals surface area contributed by atoms with Crippen molar-refractivity contribution in [3.05, 3.63) is 59.7 Å². The van der Waals surface area contributed by atoms with E-state index in [1.165, 1.54) is 0 Å². The number of benzene rings is 2. The summed E-state index contributed by atoms with van der Waals surface area (Å²) in [6.07, 6.45) is 0.327. The summed E-state index contributed by atoms with van der Waals surface area (Å²) in [5.41, 5.74) is 2.02. The Bertz CT molecular complexity index is 742. The van der Waals surface area contributed by atoms with E-state index < -0.39 is 0 Å². The summed E-state index contributed by atoms with van der Waals surface area (Å²) in [6, 6.07) is 15.3. The van der Waals surface area contributed by atoms with Gasteiger partial charge in [0.05, 0.1) is 19.6 Å². The van der Waals surface area contributed by atoms with E-state index in [-0.39, 0.29) is 5.91 Å². The van der Waals surface area contributed by atoms with Crippen LogP contribution in [0, 0.1) is 18.8 Å². The standard InChI is InChI=1S/C21H23NO3/c1-3-24-19-12-10-18(11-13-19)16-21(23)22-14-6-7-15-25-20-9-5-4-8-17(20)2/h4-5,8-13H,3,14-16H2,1-2H3,(H,22,23). The maximum Gasteiger partial charge on any atom is 0.225 e. The molecule has 1 amide bonds. The van der Waals surface area contributed by atoms with Crippen LogP contribution in [0.4, 0.5) is 0 Å². The minimum absolute atomic E-state index is 0.0571. The molecule has 2 aromatic rings. The van der Waals surface area contributed by atoms with E-state index in [4.69, 9.17) is 9.47 Å². The zero-order valence-electron chi connectivity index (χ0n) is 14.7. The van der Waals surface area contributed by atoms with Crippen LogP contribution in [0.3, 0.4) is 0 Å². The van der Waals surface area contributed by atoms with Gasteiger partial charge in [0.25, 0.3) is 0 Å². The van der Waals surface area contributed by atoms with Crippen LogP contribution in [0.25, 0.3) is 0 Å². The van der Waals surface area contributed by atoms with Crippen LogP contribution in [0.5, 0.6) is 11.5 Å². The average molecular weight is 337 g/mol. The number of hydrogen-bond donors (Lipinski definition) is 1. The molecule has 1 N–H and O–H groups in total. The highest BCUT2D eigenvalue weighted by atomic mass is 16.5. The van der Waals surface area contributed by atoms with Crippen molar-refractivity contribution < 1.29 is 14.3 Å². The molecule has 0 aromatic heterocycles. The van der Waals surface area contributed by atoms with Gasteiger partial charge in [0.15, 0.2) is 0 Å². The van der Waals surface area contributed by atoms with Crippen LogP contribution in [-0.2, 0) is 11.2 Å². The minimum Gasteiger partial charge on any atom is -0.494 e. The van der Waals surface area contributed by atoms with Crippen molar-refractivity contribution in [2.45, 2.75) is 20.3 Å². The second-order valence-electron chi connectivity index (χ2n) is 5.44. The third-order valence-electron chi connectivity index (χ3n) is 3.49. The van der Waals surface area contributed by atoms with Crippen LogP contribution >= 0.6 is 0 Å². The third kappa shape index (κ3) is 6.60. The van der Waals surface area contributed by atoms with Crippen molar-refractivity contribution in [2.24, 2.45) is 0 Å². The molecule has 0 saturated carbocycles. The molecule has 2 rings (SSSR count). The minimum atomic E-state index is -0.0571. The van der Waals surface area contributed by atoms with Crippen LogP contribution in [-0.4, -0.2) is 25.7 Å². The quantitative estimate of drug-likeness (QED) is 0.790. The highest BCUT2D eigenvalue weighted by molar-refractivity contribution is 5.78. The fourth-order valence-electron chi connectivity index (χ4n) is 2.21. The first-order valence-electron chi connectivity index (χ1n) is 8.31. The Labute approximate surface area is 149 Å². The van der Waals surface area contributed by atoms with Crippen LogP contribution in [0.15, 0.2) is 48.5 Å². The smallest absolute Gasteiger partial charge is 0.225 e. The normalized spacial score (nSPS) is 9.68. The second-order valence-corrected chi connectivity index (χ2v) is 5.44. The number of rotatable bonds is 7. The summed E-state index contributed by atoms with van der Waals surface area (Å²) in [5.74, 6) is 7.37. The first-order valence-corrected chi connectivity index (χ1v) is 8.31. The Morgan fingerprint density at radius 3 is 2.52 bits per heavy atom. The zero-order valence-corrected chi connectivity index (χ0v) is 14.7. The van der Waals surface area contributed by atoms with Gasteiger partial charge in [-0.3, -0.25) is 4.79 Å². The van der Waals surface area contributed by atoms with Gasteiger partial charge in [-0.15, -0.1) is 0 Å². The second kappa shape index (κ2) is 10.0. The lowest BCUT2D eigenvalue weighted by Gasteiger charge is -2.05. The van der Waals surface area contributed by atoms with Crippen LogP contribution < -0.4 is 14.8 Å². The highest BCUT2D eigenvalue weighted by Crippen LogP contribution is 2.15. The summed E-state index contributed by atoms with van der Waals surface area (Å²) in [4.78, 5) is 11.9. The van der Waals surface area contributed by atoms with Crippen LogP contribution in [0.1, 0.15) is 18.1 Å². The number of para-hydroxylation sites is 1. The summed E-state index contributed by atoms with van der Waals surface area (Å²) < 4.78 is 10.9. The average Bonchev–Trinajstić information content (AvgIpc) is 2.61. The number of nitrogens with one attached hydrogen (secondary N) is 1. The Morgan fingerprint density at radius 1 is 1.04 bits per heavy atom. The number of carbonyl (C=O) groups is 1. The highest BCUT2D eigenvalue weighted by Gasteiger charge is 2.02. The summed E-state index contributed by atoms with van der Waals surface area (Å²) in [5, 5.41) is 2.78. The number of ether oxygens (including phenoxy) is 2. The molecule has 0 radical (unpaired) electrons. The van der Waals surface area contributed by atoms with E-state index in [1.54, 1.807) is 0 Å². The van der Waals surface area contributed by atoms with Gasteiger partial charge < -0.3 is 14.8 Å². The molecule has 4 nitrogen and oxygen atoms in total. The van der Waals surface area contributed by atoms with Gasteiger partial charge in [0.1, 0.15) is 18.1 Å². The number of hydrogen-bond acceptors (Lipinski definition) is 3. The molecule has 0 aliphatic rings. The van der Waals surface area contributed by atoms with Crippen molar-refractivity contribution >= 4 is 5.91 Å². The summed E-state index contributed by atoms with van der Waals surface area (Å²) in [7, 11) is 0. The van der Waals surface area contributed by atoms with E-state index in [9.17, 15) is 4.79 Å². The molecular weight excluding hydrogens is 314 g/mol. The van der Waals surface area contributed by atoms with Gasteiger partial charge in [-0.1, -0.05) is 42.2 Å². The lowest BCUT2D eigenvalue weighted by molar-refractivity contribution is -0.120. The van der Waals surface area contributed by atoms with E-state index >= 15 is 0 Å². The van der Waals surface area contributed by atoms with Gasteiger partial charge in [0.2, 0.25) is 5.91 Å². The molecule has 0 unspecified atom stereocenters. The van der Waals surface area contributed by atoms with Crippen LogP contribution in [0.2, 0.25) is 0 Å². The molecule has 0 atom stereocenters. The molecule has 0 saturated heterocycles. The Kier molecular flexibility index (Phi) is 7.40. The largest absolute Gasteiger partial charge is 0.494 e. The van der Waals surface area contributed by atoms with Crippen molar-refractivity contribution in [3.63, 3.8) is 0 Å². The zero-order chi connectivity index (χ0) is 17.9. The van der Waals surface area contributed by atoms with Gasteiger partial charge >= 0.3 is 0 Å². The summed E-state index contributed by atoms with van der Waals surface area (Å²) >= 11 is 0. The van der Waals surface area contributed by atoms with Gasteiger partial charge in [-0.05, 0) is 43.2 Å². The summed E-state index contributed by atoms with van der Waals surface area (Å²) in [6.45, 7) is 5.18. The molecule has 0 fully saturated rings. The topological polar surface area (TPSA) is 47.6 Å². The predicted molar refractivity (Wildman–Crippen MR) is 98.8 cm³/mol. The molecule has 0 aliphatic heterocycles. The third-order valence-corrected chi connectivity index (χ3v) is 3.49. The van der Waals surface area contributed by atoms with Crippen molar-refractivity contribution in [3.8, 4) is 23.3 Å². The van der Waals surface area contributed by atoms with E-state index in [0.29, 0.717) is 26.2 Å². The molecule has 0 heterocycles. The SMILES string of the molecule is CCOc1ccc(CC(=O)NCC#CCOc2ccccc2C)cc1. The number of aryl methyl sites for hydroxylation is 1. The van der Waals surface area contributed by atoms with Gasteiger partial charge in [0, 0.05) is 0 Å². The Balaban J connectivity index is 1.68. The molecule has 4 heteroatoms. The van der Waals surface area contributed by atoms with Crippen molar-refractivity contribution in [2.75, 3.05) is 19.8 Å². The van der Waals surface area contributed by atoms with Crippen molar-refractivity contribution in [1.29, 1.82) is 0 Å². The van der Waals surface area contributed by atoms with E-state index in [0.717, 1.165) is 22.6 Å². The molecule has 0 spiro atoms. The monoisotopic (exact) mass is 337 g/mol. The molecular formula is C21H23NO3. The maximum atomic E-state index is 11.9. The van der Waals surface area contributed by atoms with Gasteiger partial charge in [-0.25, -0.2) is 0 Å². The molecule has 0 bridgehead atoms. The Hall–Kier alpha value is -2.93. The molecule has 130 valence electrons. The van der Waals surface area contributed by atoms with Crippen molar-refractivity contribution in [1.82, 2.24) is 5.32 Å². The molecule has 25 heavy (non-hydrogen) atoms. The molecule has 0 aliphatic carbocycles. The number of carbonyl (C=O) groups excluding carboxylic acids is 1. The molecule has 2 aromatic carbocycles. The first-order chi connectivity index (χ1) is 12.2. The first kappa shape index (κ1) is 18.4. The fourth-order valence-corrected chi connectivity index (χ4v) is 2.21. The Morgan fingerprint density at radius 2 is 1.80 bits per heavy atom. The lowest BCUT2D eigenvalue weighted by Crippen LogP contribution is -2.25. The number of amides is 1. The maximum absolute atomic E-state index is 11.9. The van der Waals surface area contributed by atoms with E-state index in [2.05, 4.69) is 17.2 Å². The lowest BCUT2D eigenvalue weighted by atomic mass is 10.1. The van der Waals surface area contributed by atoms with Gasteiger partial charge in [-0.2, -0.15) is 0 Å².